The number of carbonyl (C=O) groups excluding carboxylic acids is 2. The van der Waals surface area contributed by atoms with Crippen LogP contribution in [-0.2, 0) is 11.2 Å². The number of pyridine rings is 1. The van der Waals surface area contributed by atoms with Crippen LogP contribution in [0.2, 0.25) is 0 Å². The number of aromatic nitrogens is 1. The molecule has 5 nitrogen and oxygen atoms in total. The molecule has 2 amide bonds. The van der Waals surface area contributed by atoms with Crippen molar-refractivity contribution in [1.29, 1.82) is 0 Å². The Hall–Kier alpha value is -3.21. The van der Waals surface area contributed by atoms with Gasteiger partial charge in [0.1, 0.15) is 6.04 Å². The number of nitrogens with one attached hydrogen (secondary N) is 1. The van der Waals surface area contributed by atoms with E-state index in [4.69, 9.17) is 5.73 Å². The van der Waals surface area contributed by atoms with Gasteiger partial charge in [0.15, 0.2) is 0 Å². The molecular weight excluding hydrogens is 326 g/mol. The Bertz CT molecular complexity index is 956. The Labute approximate surface area is 152 Å². The van der Waals surface area contributed by atoms with Gasteiger partial charge in [0, 0.05) is 18.0 Å². The predicted octanol–water partition coefficient (Wildman–Crippen LogP) is 2.68. The maximum absolute atomic E-state index is 12.8. The Morgan fingerprint density at radius 2 is 1.69 bits per heavy atom. The van der Waals surface area contributed by atoms with E-state index in [1.807, 2.05) is 50.2 Å². The first-order chi connectivity index (χ1) is 12.5. The Morgan fingerprint density at radius 1 is 1.04 bits per heavy atom. The Kier molecular flexibility index (Phi) is 4.98. The molecule has 0 aliphatic heterocycles. The van der Waals surface area contributed by atoms with Crippen LogP contribution in [0.25, 0.3) is 10.9 Å². The minimum atomic E-state index is -0.790. The number of para-hydroxylation sites is 1. The van der Waals surface area contributed by atoms with E-state index in [9.17, 15) is 9.59 Å². The van der Waals surface area contributed by atoms with Gasteiger partial charge in [0.05, 0.1) is 11.1 Å². The number of primary amides is 1. The monoisotopic (exact) mass is 347 g/mol. The molecule has 0 aliphatic carbocycles. The SMILES string of the molecule is Cc1cccc(C)c1C[C@H](NC(=O)c1cccc2cccnc12)C(N)=O. The highest BCUT2D eigenvalue weighted by Crippen LogP contribution is 2.18. The van der Waals surface area contributed by atoms with Crippen LogP contribution in [0.15, 0.2) is 54.7 Å². The highest BCUT2D eigenvalue weighted by Gasteiger charge is 2.22. The first kappa shape index (κ1) is 17.6. The van der Waals surface area contributed by atoms with Crippen LogP contribution < -0.4 is 11.1 Å². The molecule has 132 valence electrons. The summed E-state index contributed by atoms with van der Waals surface area (Å²) in [4.78, 5) is 29.0. The topological polar surface area (TPSA) is 85.1 Å². The quantitative estimate of drug-likeness (QED) is 0.744. The van der Waals surface area contributed by atoms with Gasteiger partial charge in [-0.15, -0.1) is 0 Å². The highest BCUT2D eigenvalue weighted by atomic mass is 16.2. The number of hydrogen-bond acceptors (Lipinski definition) is 3. The van der Waals surface area contributed by atoms with Crippen molar-refractivity contribution in [2.75, 3.05) is 0 Å². The van der Waals surface area contributed by atoms with Gasteiger partial charge in [0.2, 0.25) is 5.91 Å². The van der Waals surface area contributed by atoms with Gasteiger partial charge in [-0.2, -0.15) is 0 Å². The van der Waals surface area contributed by atoms with Gasteiger partial charge in [-0.05, 0) is 42.7 Å². The Balaban J connectivity index is 1.88. The summed E-state index contributed by atoms with van der Waals surface area (Å²) in [6.07, 6.45) is 2.00. The average molecular weight is 347 g/mol. The first-order valence-corrected chi connectivity index (χ1v) is 8.46. The van der Waals surface area contributed by atoms with Crippen LogP contribution in [0.5, 0.6) is 0 Å². The number of carbonyl (C=O) groups is 2. The first-order valence-electron chi connectivity index (χ1n) is 8.46. The molecule has 0 saturated heterocycles. The number of hydrogen-bond donors (Lipinski definition) is 2. The molecule has 26 heavy (non-hydrogen) atoms. The molecule has 1 atom stereocenters. The molecule has 2 aromatic carbocycles. The van der Waals surface area contributed by atoms with E-state index in [0.29, 0.717) is 17.5 Å². The molecular formula is C21H21N3O2. The zero-order valence-electron chi connectivity index (χ0n) is 14.8. The second-order valence-electron chi connectivity index (χ2n) is 6.38. The maximum Gasteiger partial charge on any atom is 0.254 e. The zero-order chi connectivity index (χ0) is 18.7. The van der Waals surface area contributed by atoms with Crippen molar-refractivity contribution in [3.05, 3.63) is 77.0 Å². The lowest BCUT2D eigenvalue weighted by Crippen LogP contribution is -2.46. The van der Waals surface area contributed by atoms with Gasteiger partial charge >= 0.3 is 0 Å². The van der Waals surface area contributed by atoms with Gasteiger partial charge in [-0.3, -0.25) is 14.6 Å². The van der Waals surface area contributed by atoms with E-state index in [0.717, 1.165) is 22.1 Å². The van der Waals surface area contributed by atoms with E-state index in [2.05, 4.69) is 10.3 Å². The van der Waals surface area contributed by atoms with Crippen LogP contribution >= 0.6 is 0 Å². The minimum absolute atomic E-state index is 0.357. The van der Waals surface area contributed by atoms with Crippen molar-refractivity contribution in [2.45, 2.75) is 26.3 Å². The number of benzene rings is 2. The van der Waals surface area contributed by atoms with Crippen LogP contribution in [0.1, 0.15) is 27.0 Å². The van der Waals surface area contributed by atoms with Crippen molar-refractivity contribution in [2.24, 2.45) is 5.73 Å². The summed E-state index contributed by atoms with van der Waals surface area (Å²) in [6.45, 7) is 3.97. The largest absolute Gasteiger partial charge is 0.368 e. The zero-order valence-corrected chi connectivity index (χ0v) is 14.8. The second-order valence-corrected chi connectivity index (χ2v) is 6.38. The lowest BCUT2D eigenvalue weighted by Gasteiger charge is -2.18. The molecule has 0 saturated carbocycles. The number of nitrogens with two attached hydrogens (primary N) is 1. The van der Waals surface area contributed by atoms with Crippen molar-refractivity contribution >= 4 is 22.7 Å². The number of rotatable bonds is 5. The Morgan fingerprint density at radius 3 is 2.38 bits per heavy atom. The molecule has 1 aromatic heterocycles. The third-order valence-electron chi connectivity index (χ3n) is 4.58. The normalized spacial score (nSPS) is 11.9. The summed E-state index contributed by atoms with van der Waals surface area (Å²) >= 11 is 0. The van der Waals surface area contributed by atoms with Crippen LogP contribution in [0.4, 0.5) is 0 Å². The molecule has 0 bridgehead atoms. The summed E-state index contributed by atoms with van der Waals surface area (Å²) in [5.41, 5.74) is 9.74. The van der Waals surface area contributed by atoms with Crippen molar-refractivity contribution in [1.82, 2.24) is 10.3 Å². The van der Waals surface area contributed by atoms with Crippen LogP contribution in [-0.4, -0.2) is 22.8 Å². The fourth-order valence-electron chi connectivity index (χ4n) is 3.12. The number of fused-ring (bicyclic) bond motifs is 1. The summed E-state index contributed by atoms with van der Waals surface area (Å²) in [5.74, 6) is -0.918. The molecule has 3 N–H and O–H groups in total. The molecule has 0 radical (unpaired) electrons. The van der Waals surface area contributed by atoms with Crippen LogP contribution in [0, 0.1) is 13.8 Å². The van der Waals surface area contributed by atoms with Crippen LogP contribution in [0.3, 0.4) is 0 Å². The van der Waals surface area contributed by atoms with Gasteiger partial charge in [-0.1, -0.05) is 36.4 Å². The second kappa shape index (κ2) is 7.35. The molecule has 0 unspecified atom stereocenters. The fraction of sp³-hybridized carbons (Fsp3) is 0.190. The highest BCUT2D eigenvalue weighted by molar-refractivity contribution is 6.06. The summed E-state index contributed by atoms with van der Waals surface area (Å²) in [7, 11) is 0. The predicted molar refractivity (Wildman–Crippen MR) is 102 cm³/mol. The summed E-state index contributed by atoms with van der Waals surface area (Å²) in [5, 5.41) is 3.64. The van der Waals surface area contributed by atoms with Crippen molar-refractivity contribution in [3.63, 3.8) is 0 Å². The van der Waals surface area contributed by atoms with E-state index >= 15 is 0 Å². The van der Waals surface area contributed by atoms with Gasteiger partial charge in [0.25, 0.3) is 5.91 Å². The van der Waals surface area contributed by atoms with E-state index in [1.165, 1.54) is 0 Å². The third-order valence-corrected chi connectivity index (χ3v) is 4.58. The standard InChI is InChI=1S/C21H21N3O2/c1-13-6-3-7-14(2)17(13)12-18(20(22)25)24-21(26)16-10-4-8-15-9-5-11-23-19(15)16/h3-11,18H,12H2,1-2H3,(H2,22,25)(H,24,26)/t18-/m0/s1. The third kappa shape index (κ3) is 3.57. The average Bonchev–Trinajstić information content (AvgIpc) is 2.63. The molecule has 0 fully saturated rings. The van der Waals surface area contributed by atoms with Gasteiger partial charge in [-0.25, -0.2) is 0 Å². The molecule has 3 rings (SSSR count). The minimum Gasteiger partial charge on any atom is -0.368 e. The smallest absolute Gasteiger partial charge is 0.254 e. The molecule has 0 aliphatic rings. The van der Waals surface area contributed by atoms with Crippen molar-refractivity contribution < 1.29 is 9.59 Å². The molecule has 1 heterocycles. The van der Waals surface area contributed by atoms with Crippen molar-refractivity contribution in [3.8, 4) is 0 Å². The van der Waals surface area contributed by atoms with E-state index < -0.39 is 11.9 Å². The molecule has 0 spiro atoms. The van der Waals surface area contributed by atoms with E-state index in [-0.39, 0.29) is 5.91 Å². The fourth-order valence-corrected chi connectivity index (χ4v) is 3.12. The lowest BCUT2D eigenvalue weighted by molar-refractivity contribution is -0.119. The maximum atomic E-state index is 12.8. The van der Waals surface area contributed by atoms with Gasteiger partial charge < -0.3 is 11.1 Å². The number of nitrogens with zero attached hydrogens (tertiary/aromatic N) is 1. The molecule has 3 aromatic rings. The summed E-state index contributed by atoms with van der Waals surface area (Å²) in [6, 6.07) is 14.2. The summed E-state index contributed by atoms with van der Waals surface area (Å²) < 4.78 is 0. The number of amides is 2. The lowest BCUT2D eigenvalue weighted by atomic mass is 9.96. The molecule has 5 heteroatoms. The van der Waals surface area contributed by atoms with E-state index in [1.54, 1.807) is 18.3 Å². The number of aryl methyl sites for hydroxylation is 2.